The number of aromatic nitrogens is 4. The summed E-state index contributed by atoms with van der Waals surface area (Å²) in [5.74, 6) is 0.672. The van der Waals surface area contributed by atoms with E-state index in [1.54, 1.807) is 0 Å². The molecule has 0 bridgehead atoms. The minimum Gasteiger partial charge on any atom is -0.308 e. The minimum atomic E-state index is 0.672. The van der Waals surface area contributed by atoms with Gasteiger partial charge in [0.2, 0.25) is 5.95 Å². The quantitative estimate of drug-likeness (QED) is 0.199. The van der Waals surface area contributed by atoms with Gasteiger partial charge in [-0.15, -0.1) is 0 Å². The molecule has 4 aromatic heterocycles. The van der Waals surface area contributed by atoms with Crippen LogP contribution in [0.25, 0.3) is 99.1 Å². The Morgan fingerprint density at radius 2 is 0.896 bits per heavy atom. The van der Waals surface area contributed by atoms with Crippen molar-refractivity contribution in [2.75, 3.05) is 0 Å². The van der Waals surface area contributed by atoms with E-state index in [0.29, 0.717) is 5.95 Å². The molecule has 0 N–H and O–H groups in total. The molecule has 0 fully saturated rings. The summed E-state index contributed by atoms with van der Waals surface area (Å²) in [6.45, 7) is 0. The third kappa shape index (κ3) is 3.43. The molecule has 222 valence electrons. The van der Waals surface area contributed by atoms with E-state index in [1.807, 2.05) is 12.1 Å². The van der Waals surface area contributed by atoms with E-state index in [4.69, 9.17) is 9.97 Å². The van der Waals surface area contributed by atoms with Gasteiger partial charge < -0.3 is 4.40 Å². The second kappa shape index (κ2) is 9.50. The lowest BCUT2D eigenvalue weighted by molar-refractivity contribution is 1.01. The molecule has 0 spiro atoms. The van der Waals surface area contributed by atoms with Gasteiger partial charge in [-0.3, -0.25) is 4.57 Å². The molecule has 0 aliphatic rings. The van der Waals surface area contributed by atoms with Crippen LogP contribution in [-0.2, 0) is 0 Å². The normalized spacial score (nSPS) is 12.2. The number of hydrogen-bond acceptors (Lipinski definition) is 2. The summed E-state index contributed by atoms with van der Waals surface area (Å²) in [6, 6.07) is 56.4. The maximum absolute atomic E-state index is 5.25. The Hall–Kier alpha value is -6.52. The van der Waals surface area contributed by atoms with Crippen molar-refractivity contribution in [2.24, 2.45) is 0 Å². The van der Waals surface area contributed by atoms with Gasteiger partial charge in [0.1, 0.15) is 0 Å². The maximum atomic E-state index is 5.25. The Kier molecular flexibility index (Phi) is 5.08. The van der Waals surface area contributed by atoms with Crippen LogP contribution in [-0.4, -0.2) is 18.9 Å². The van der Waals surface area contributed by atoms with Crippen LogP contribution in [0.1, 0.15) is 0 Å². The first-order chi connectivity index (χ1) is 23.8. The molecule has 4 heteroatoms. The van der Waals surface area contributed by atoms with Crippen molar-refractivity contribution in [2.45, 2.75) is 0 Å². The predicted octanol–water partition coefficient (Wildman–Crippen LogP) is 11.2. The zero-order valence-electron chi connectivity index (χ0n) is 25.8. The fourth-order valence-electron chi connectivity index (χ4n) is 7.96. The van der Waals surface area contributed by atoms with Crippen molar-refractivity contribution in [1.82, 2.24) is 18.9 Å². The van der Waals surface area contributed by atoms with Gasteiger partial charge >= 0.3 is 0 Å². The molecule has 0 aliphatic heterocycles. The highest BCUT2D eigenvalue weighted by Crippen LogP contribution is 2.43. The second-order valence-electron chi connectivity index (χ2n) is 12.6. The second-order valence-corrected chi connectivity index (χ2v) is 12.6. The highest BCUT2D eigenvalue weighted by atomic mass is 15.2. The Morgan fingerprint density at radius 3 is 1.60 bits per heavy atom. The van der Waals surface area contributed by atoms with Gasteiger partial charge in [-0.25, -0.2) is 9.97 Å². The van der Waals surface area contributed by atoms with Crippen LogP contribution in [0.2, 0.25) is 0 Å². The zero-order valence-corrected chi connectivity index (χ0v) is 25.8. The maximum Gasteiger partial charge on any atom is 0.235 e. The largest absolute Gasteiger partial charge is 0.308 e. The molecule has 48 heavy (non-hydrogen) atoms. The average molecular weight is 611 g/mol. The Balaban J connectivity index is 1.18. The number of nitrogens with zero attached hydrogens (tertiary/aromatic N) is 4. The molecule has 0 atom stereocenters. The summed E-state index contributed by atoms with van der Waals surface area (Å²) in [7, 11) is 0. The molecule has 11 aromatic rings. The molecule has 0 radical (unpaired) electrons. The van der Waals surface area contributed by atoms with E-state index >= 15 is 0 Å². The van der Waals surface area contributed by atoms with Gasteiger partial charge in [0.25, 0.3) is 0 Å². The number of hydrogen-bond donors (Lipinski definition) is 0. The Labute approximate surface area is 275 Å². The van der Waals surface area contributed by atoms with Gasteiger partial charge in [0.05, 0.1) is 38.8 Å². The standard InChI is InChI=1S/C44H26N4/c1-2-12-27(13-3-1)42-33-17-4-8-18-37(33)45-44(46-42)48-40-21-11-5-14-30(40)34-24-28(22-23-41(34)48)29-25-35-31-15-6-9-19-38(31)47-39-20-10-7-16-32(39)36(26-29)43(35)47/h1-26H. The molecule has 0 saturated heterocycles. The lowest BCUT2D eigenvalue weighted by atomic mass is 9.98. The molecule has 0 amide bonds. The number of benzene rings is 7. The first-order valence-electron chi connectivity index (χ1n) is 16.3. The first kappa shape index (κ1) is 25.6. The van der Waals surface area contributed by atoms with Crippen molar-refractivity contribution >= 4 is 70.8 Å². The highest BCUT2D eigenvalue weighted by Gasteiger charge is 2.20. The predicted molar refractivity (Wildman–Crippen MR) is 199 cm³/mol. The Bertz CT molecular complexity index is 2970. The number of rotatable bonds is 3. The lowest BCUT2D eigenvalue weighted by Gasteiger charge is -2.12. The van der Waals surface area contributed by atoms with Crippen LogP contribution in [0.3, 0.4) is 0 Å². The molecule has 0 unspecified atom stereocenters. The van der Waals surface area contributed by atoms with Gasteiger partial charge in [-0.05, 0) is 59.7 Å². The molecule has 4 nitrogen and oxygen atoms in total. The Morgan fingerprint density at radius 1 is 0.354 bits per heavy atom. The monoisotopic (exact) mass is 610 g/mol. The third-order valence-electron chi connectivity index (χ3n) is 10.0. The summed E-state index contributed by atoms with van der Waals surface area (Å²) < 4.78 is 4.66. The van der Waals surface area contributed by atoms with Crippen LogP contribution in [0.4, 0.5) is 0 Å². The van der Waals surface area contributed by atoms with Crippen LogP contribution in [0.15, 0.2) is 158 Å². The van der Waals surface area contributed by atoms with Gasteiger partial charge in [-0.1, -0.05) is 109 Å². The van der Waals surface area contributed by atoms with Gasteiger partial charge in [-0.2, -0.15) is 0 Å². The van der Waals surface area contributed by atoms with Crippen molar-refractivity contribution in [3.05, 3.63) is 158 Å². The fraction of sp³-hybridized carbons (Fsp3) is 0. The topological polar surface area (TPSA) is 35.1 Å². The summed E-state index contributed by atoms with van der Waals surface area (Å²) in [4.78, 5) is 10.4. The fourth-order valence-corrected chi connectivity index (χ4v) is 7.96. The van der Waals surface area contributed by atoms with Crippen molar-refractivity contribution in [3.63, 3.8) is 0 Å². The van der Waals surface area contributed by atoms with Gasteiger partial charge in [0, 0.05) is 43.3 Å². The summed E-state index contributed by atoms with van der Waals surface area (Å²) >= 11 is 0. The molecule has 0 saturated carbocycles. The summed E-state index contributed by atoms with van der Waals surface area (Å²) in [5, 5.41) is 8.54. The molecular weight excluding hydrogens is 585 g/mol. The first-order valence-corrected chi connectivity index (χ1v) is 16.3. The molecule has 7 aromatic carbocycles. The number of para-hydroxylation sites is 4. The van der Waals surface area contributed by atoms with Crippen LogP contribution in [0, 0.1) is 0 Å². The van der Waals surface area contributed by atoms with Crippen LogP contribution < -0.4 is 0 Å². The van der Waals surface area contributed by atoms with Crippen molar-refractivity contribution in [3.8, 4) is 28.3 Å². The zero-order chi connectivity index (χ0) is 31.3. The van der Waals surface area contributed by atoms with Crippen LogP contribution >= 0.6 is 0 Å². The van der Waals surface area contributed by atoms with Gasteiger partial charge in [0.15, 0.2) is 0 Å². The summed E-state index contributed by atoms with van der Waals surface area (Å²) in [5.41, 5.74) is 11.3. The van der Waals surface area contributed by atoms with E-state index in [9.17, 15) is 0 Å². The molecule has 11 rings (SSSR count). The van der Waals surface area contributed by atoms with E-state index in [-0.39, 0.29) is 0 Å². The lowest BCUT2D eigenvalue weighted by Crippen LogP contribution is -2.03. The average Bonchev–Trinajstić information content (AvgIpc) is 3.79. The van der Waals surface area contributed by atoms with E-state index in [2.05, 4.69) is 155 Å². The molecule has 4 heterocycles. The van der Waals surface area contributed by atoms with Crippen molar-refractivity contribution < 1.29 is 0 Å². The smallest absolute Gasteiger partial charge is 0.235 e. The third-order valence-corrected chi connectivity index (χ3v) is 10.0. The highest BCUT2D eigenvalue weighted by molar-refractivity contribution is 6.24. The van der Waals surface area contributed by atoms with E-state index in [0.717, 1.165) is 33.2 Å². The molecular formula is C44H26N4. The summed E-state index contributed by atoms with van der Waals surface area (Å²) in [6.07, 6.45) is 0. The van der Waals surface area contributed by atoms with Crippen LogP contribution in [0.5, 0.6) is 0 Å². The SMILES string of the molecule is c1ccc(-c2nc(-n3c4ccccc4c4cc(-c5cc6c7ccccc7n7c8ccccc8c(c5)c67)ccc43)nc3ccccc23)cc1. The number of fused-ring (bicyclic) bond motifs is 10. The van der Waals surface area contributed by atoms with E-state index in [1.165, 1.54) is 60.0 Å². The van der Waals surface area contributed by atoms with Crippen molar-refractivity contribution in [1.29, 1.82) is 0 Å². The molecule has 0 aliphatic carbocycles. The minimum absolute atomic E-state index is 0.672. The van der Waals surface area contributed by atoms with E-state index < -0.39 is 0 Å².